The van der Waals surface area contributed by atoms with Gasteiger partial charge in [0.1, 0.15) is 11.5 Å². The highest BCUT2D eigenvalue weighted by atomic mass is 16.3. The number of hydrogen-bond donors (Lipinski definition) is 0. The van der Waals surface area contributed by atoms with E-state index in [1.165, 1.54) is 159 Å². The van der Waals surface area contributed by atoms with Crippen LogP contribution in [0.15, 0.2) is 139 Å². The lowest BCUT2D eigenvalue weighted by Gasteiger charge is -2.55. The maximum atomic E-state index is 7.00. The van der Waals surface area contributed by atoms with Gasteiger partial charge in [-0.05, 0) is 205 Å². The Kier molecular flexibility index (Phi) is 9.42. The molecule has 1 fully saturated rings. The Hall–Kier alpha value is -3.88. The summed E-state index contributed by atoms with van der Waals surface area (Å²) >= 11 is 0. The number of rotatable bonds is 5. The molecule has 1 spiro atoms. The fourth-order valence-corrected chi connectivity index (χ4v) is 18.2. The van der Waals surface area contributed by atoms with Gasteiger partial charge in [0.2, 0.25) is 0 Å². The first-order valence-corrected chi connectivity index (χ1v) is 27.0. The van der Waals surface area contributed by atoms with Gasteiger partial charge in [-0.2, -0.15) is 0 Å². The predicted molar refractivity (Wildman–Crippen MR) is 262 cm³/mol. The molecule has 14 rings (SSSR count). The second kappa shape index (κ2) is 15.3. The number of fused-ring (bicyclic) bond motifs is 13. The third kappa shape index (κ3) is 5.36. The van der Waals surface area contributed by atoms with Gasteiger partial charge >= 0.3 is 0 Å². The Balaban J connectivity index is 0.969. The van der Waals surface area contributed by atoms with Gasteiger partial charge in [-0.15, -0.1) is 0 Å². The first-order valence-electron chi connectivity index (χ1n) is 27.0. The molecule has 0 aromatic carbocycles. The Morgan fingerprint density at radius 3 is 2.50 bits per heavy atom. The van der Waals surface area contributed by atoms with E-state index < -0.39 is 0 Å². The second-order valence-corrected chi connectivity index (χ2v) is 22.5. The summed E-state index contributed by atoms with van der Waals surface area (Å²) in [5.41, 5.74) is 21.5. The van der Waals surface area contributed by atoms with E-state index in [0.717, 1.165) is 12.8 Å². The number of allylic oxidation sites excluding steroid dienone is 20. The number of furan rings is 1. The van der Waals surface area contributed by atoms with Crippen molar-refractivity contribution in [2.24, 2.45) is 34.5 Å². The van der Waals surface area contributed by atoms with Crippen molar-refractivity contribution in [3.05, 3.63) is 157 Å². The fraction of sp³-hybridized carbons (Fsp3) is 0.548. The van der Waals surface area contributed by atoms with Crippen molar-refractivity contribution < 1.29 is 4.42 Å². The van der Waals surface area contributed by atoms with Crippen molar-refractivity contribution in [1.82, 2.24) is 4.90 Å². The van der Waals surface area contributed by atoms with Crippen molar-refractivity contribution >= 4 is 6.08 Å². The summed E-state index contributed by atoms with van der Waals surface area (Å²) in [5, 5.41) is 0. The number of nitrogens with zero attached hydrogens (tertiary/aromatic N) is 1. The van der Waals surface area contributed by atoms with E-state index in [-0.39, 0.29) is 10.8 Å². The molecule has 0 amide bonds. The highest BCUT2D eigenvalue weighted by Crippen LogP contribution is 2.73. The van der Waals surface area contributed by atoms with Crippen molar-refractivity contribution in [3.63, 3.8) is 0 Å². The van der Waals surface area contributed by atoms with Crippen LogP contribution in [0.5, 0.6) is 0 Å². The molecule has 9 unspecified atom stereocenters. The summed E-state index contributed by atoms with van der Waals surface area (Å²) in [4.78, 5) is 3.36. The highest BCUT2D eigenvalue weighted by Gasteiger charge is 2.65. The van der Waals surface area contributed by atoms with Gasteiger partial charge < -0.3 is 4.42 Å². The largest absolute Gasteiger partial charge is 0.461 e. The van der Waals surface area contributed by atoms with Crippen LogP contribution in [-0.4, -0.2) is 17.0 Å². The van der Waals surface area contributed by atoms with Crippen LogP contribution in [0.1, 0.15) is 176 Å². The molecular formula is C62H71NO. The smallest absolute Gasteiger partial charge is 0.131 e. The first-order chi connectivity index (χ1) is 31.8. The third-order valence-corrected chi connectivity index (χ3v) is 20.1. The van der Waals surface area contributed by atoms with Crippen LogP contribution < -0.4 is 0 Å². The molecule has 1 aromatic rings. The van der Waals surface area contributed by atoms with Crippen molar-refractivity contribution in [1.29, 1.82) is 0 Å². The molecule has 0 radical (unpaired) electrons. The summed E-state index contributed by atoms with van der Waals surface area (Å²) in [5.74, 6) is 4.93. The molecule has 1 saturated carbocycles. The van der Waals surface area contributed by atoms with Gasteiger partial charge in [0.15, 0.2) is 0 Å². The molecule has 330 valence electrons. The van der Waals surface area contributed by atoms with Crippen molar-refractivity contribution in [2.45, 2.75) is 179 Å². The topological polar surface area (TPSA) is 16.4 Å². The van der Waals surface area contributed by atoms with Crippen molar-refractivity contribution in [2.75, 3.05) is 0 Å². The van der Waals surface area contributed by atoms with Crippen LogP contribution in [0.3, 0.4) is 0 Å². The quantitative estimate of drug-likeness (QED) is 0.275. The molecule has 2 nitrogen and oxygen atoms in total. The minimum atomic E-state index is 0.00573. The highest BCUT2D eigenvalue weighted by molar-refractivity contribution is 5.66. The molecule has 0 aliphatic heterocycles. The molecule has 0 saturated heterocycles. The Morgan fingerprint density at radius 2 is 1.56 bits per heavy atom. The molecule has 2 heteroatoms. The van der Waals surface area contributed by atoms with Crippen LogP contribution in [0.2, 0.25) is 0 Å². The second-order valence-electron chi connectivity index (χ2n) is 22.5. The van der Waals surface area contributed by atoms with Gasteiger partial charge in [0, 0.05) is 52.8 Å². The average Bonchev–Trinajstić information content (AvgIpc) is 4.08. The molecule has 13 aliphatic rings. The lowest BCUT2D eigenvalue weighted by Crippen LogP contribution is -2.55. The summed E-state index contributed by atoms with van der Waals surface area (Å²) < 4.78 is 7.00. The Morgan fingerprint density at radius 1 is 0.641 bits per heavy atom. The molecule has 1 heterocycles. The molecule has 0 bridgehead atoms. The van der Waals surface area contributed by atoms with E-state index >= 15 is 0 Å². The summed E-state index contributed by atoms with van der Waals surface area (Å²) in [6.45, 7) is 0. The van der Waals surface area contributed by atoms with Crippen molar-refractivity contribution in [3.8, 4) is 0 Å². The van der Waals surface area contributed by atoms with E-state index in [1.54, 1.807) is 39.0 Å². The van der Waals surface area contributed by atoms with Gasteiger partial charge in [0.05, 0.1) is 0 Å². The molecule has 13 aliphatic carbocycles. The maximum absolute atomic E-state index is 7.00. The fourth-order valence-electron chi connectivity index (χ4n) is 18.2. The SMILES string of the molecule is C1=CCC2C(=C1)C1C=CCCC1C21C2=C(C=CCC2)C2=C1CC(N(C1CC=Cc3oc4c(c31)CCCC4)C1CCC=C3C4=C(CCCC4)C(C4=CCCC=C4)(C4=CCCCC4)C31)CC2. The number of aryl methyl sites for hydroxylation is 1. The molecule has 9 atom stereocenters. The van der Waals surface area contributed by atoms with E-state index in [4.69, 9.17) is 4.42 Å². The summed E-state index contributed by atoms with van der Waals surface area (Å²) in [6.07, 6.45) is 68.0. The average molecular weight is 846 g/mol. The van der Waals surface area contributed by atoms with Gasteiger partial charge in [-0.3, -0.25) is 4.90 Å². The standard InChI is InChI=1S/C62H71NO/c1-3-19-40(20-4-1)61(41-21-5-2-6-22-41)50-29-12-10-26-46(50)48-28-17-34-56(60(48)61)63(55-33-18-36-58-59(55)49-27-11-16-35-57(49)64-58)42-37-38-47-45-25-9-15-32-53(45)62(54(47)39-42)51-30-13-7-23-43(51)44-24-8-14-31-52(44)62/h3,7-9,13,18-21,23-25,28,36,42,44,51-52,55-56,60H,1-2,4-6,10-12,14-17,22,26-27,29-35,37-39H2. The Labute approximate surface area is 384 Å². The van der Waals surface area contributed by atoms with E-state index in [2.05, 4.69) is 90.0 Å². The monoisotopic (exact) mass is 846 g/mol. The Bertz CT molecular complexity index is 2560. The minimum absolute atomic E-state index is 0.00573. The zero-order valence-electron chi connectivity index (χ0n) is 38.7. The lowest BCUT2D eigenvalue weighted by molar-refractivity contribution is 0.0173. The third-order valence-electron chi connectivity index (χ3n) is 20.1. The van der Waals surface area contributed by atoms with Gasteiger partial charge in [-0.1, -0.05) is 107 Å². The zero-order valence-corrected chi connectivity index (χ0v) is 38.7. The molecule has 0 N–H and O–H groups in total. The van der Waals surface area contributed by atoms with Crippen LogP contribution in [0.25, 0.3) is 6.08 Å². The minimum Gasteiger partial charge on any atom is -0.461 e. The zero-order chi connectivity index (χ0) is 42.0. The predicted octanol–water partition coefficient (Wildman–Crippen LogP) is 15.9. The molecule has 1 aromatic heterocycles. The van der Waals surface area contributed by atoms with E-state index in [1.807, 2.05) is 27.9 Å². The van der Waals surface area contributed by atoms with Crippen LogP contribution in [0, 0.1) is 34.5 Å². The summed E-state index contributed by atoms with van der Waals surface area (Å²) in [7, 11) is 0. The van der Waals surface area contributed by atoms with Crippen LogP contribution in [-0.2, 0) is 12.8 Å². The number of hydrogen-bond acceptors (Lipinski definition) is 2. The lowest BCUT2D eigenvalue weighted by atomic mass is 9.55. The van der Waals surface area contributed by atoms with Crippen LogP contribution in [0.4, 0.5) is 0 Å². The van der Waals surface area contributed by atoms with Gasteiger partial charge in [0.25, 0.3) is 0 Å². The molecular weight excluding hydrogens is 775 g/mol. The van der Waals surface area contributed by atoms with E-state index in [9.17, 15) is 0 Å². The maximum Gasteiger partial charge on any atom is 0.131 e. The summed E-state index contributed by atoms with van der Waals surface area (Å²) in [6, 6.07) is 1.37. The van der Waals surface area contributed by atoms with Gasteiger partial charge in [-0.25, -0.2) is 0 Å². The van der Waals surface area contributed by atoms with Crippen LogP contribution >= 0.6 is 0 Å². The van der Waals surface area contributed by atoms with E-state index in [0.29, 0.717) is 41.8 Å². The molecule has 64 heavy (non-hydrogen) atoms. The normalized spacial score (nSPS) is 38.0. The first kappa shape index (κ1) is 39.3.